The molecule has 110 valence electrons. The molecule has 5 nitrogen and oxygen atoms in total. The minimum atomic E-state index is -0.223. The quantitative estimate of drug-likeness (QED) is 0.866. The molecular formula is C15H16BrN3O2. The van der Waals surface area contributed by atoms with Gasteiger partial charge in [0.25, 0.3) is 5.91 Å². The Bertz CT molecular complexity index is 647. The maximum atomic E-state index is 12.4. The molecule has 1 heterocycles. The molecule has 0 unspecified atom stereocenters. The molecule has 0 aliphatic carbocycles. The van der Waals surface area contributed by atoms with Crippen LogP contribution in [0.4, 0.5) is 11.4 Å². The molecule has 0 aliphatic rings. The third kappa shape index (κ3) is 3.95. The van der Waals surface area contributed by atoms with E-state index in [-0.39, 0.29) is 5.91 Å². The predicted octanol–water partition coefficient (Wildman–Crippen LogP) is 3.54. The highest BCUT2D eigenvalue weighted by Crippen LogP contribution is 2.25. The van der Waals surface area contributed by atoms with Gasteiger partial charge in [0.15, 0.2) is 0 Å². The number of hydrogen-bond donors (Lipinski definition) is 2. The van der Waals surface area contributed by atoms with Crippen molar-refractivity contribution in [2.75, 3.05) is 24.3 Å². The lowest BCUT2D eigenvalue weighted by Crippen LogP contribution is -2.15. The number of nitrogens with zero attached hydrogens (tertiary/aromatic N) is 1. The van der Waals surface area contributed by atoms with Crippen LogP contribution in [0.1, 0.15) is 17.3 Å². The van der Waals surface area contributed by atoms with Crippen molar-refractivity contribution in [3.05, 3.63) is 46.7 Å². The zero-order valence-electron chi connectivity index (χ0n) is 11.8. The first-order valence-corrected chi connectivity index (χ1v) is 7.27. The van der Waals surface area contributed by atoms with Crippen LogP contribution in [0.5, 0.6) is 5.75 Å². The summed E-state index contributed by atoms with van der Waals surface area (Å²) in [6, 6.07) is 7.17. The van der Waals surface area contributed by atoms with Crippen LogP contribution in [0.25, 0.3) is 0 Å². The van der Waals surface area contributed by atoms with E-state index in [1.807, 2.05) is 19.1 Å². The van der Waals surface area contributed by atoms with Gasteiger partial charge >= 0.3 is 0 Å². The Morgan fingerprint density at radius 3 is 2.90 bits per heavy atom. The van der Waals surface area contributed by atoms with Crippen LogP contribution in [0.2, 0.25) is 0 Å². The van der Waals surface area contributed by atoms with Crippen LogP contribution in [-0.4, -0.2) is 24.5 Å². The lowest BCUT2D eigenvalue weighted by molar-refractivity contribution is 0.102. The van der Waals surface area contributed by atoms with Gasteiger partial charge in [-0.3, -0.25) is 9.78 Å². The number of methoxy groups -OCH3 is 1. The van der Waals surface area contributed by atoms with Gasteiger partial charge in [-0.25, -0.2) is 0 Å². The summed E-state index contributed by atoms with van der Waals surface area (Å²) in [4.78, 5) is 16.4. The fraction of sp³-hybridized carbons (Fsp3) is 0.200. The first kappa shape index (κ1) is 15.3. The van der Waals surface area contributed by atoms with Gasteiger partial charge < -0.3 is 15.4 Å². The van der Waals surface area contributed by atoms with Gasteiger partial charge in [0, 0.05) is 35.2 Å². The van der Waals surface area contributed by atoms with E-state index in [1.54, 1.807) is 31.6 Å². The predicted molar refractivity (Wildman–Crippen MR) is 87.0 cm³/mol. The van der Waals surface area contributed by atoms with E-state index in [2.05, 4.69) is 31.5 Å². The summed E-state index contributed by atoms with van der Waals surface area (Å²) < 4.78 is 6.01. The van der Waals surface area contributed by atoms with Gasteiger partial charge in [0.2, 0.25) is 0 Å². The number of hydrogen-bond acceptors (Lipinski definition) is 4. The number of nitrogens with one attached hydrogen (secondary N) is 2. The monoisotopic (exact) mass is 349 g/mol. The molecule has 0 radical (unpaired) electrons. The van der Waals surface area contributed by atoms with Gasteiger partial charge in [-0.1, -0.05) is 15.9 Å². The Labute approximate surface area is 131 Å². The summed E-state index contributed by atoms with van der Waals surface area (Å²) >= 11 is 3.38. The van der Waals surface area contributed by atoms with Crippen molar-refractivity contribution in [1.82, 2.24) is 4.98 Å². The number of anilines is 2. The molecule has 21 heavy (non-hydrogen) atoms. The minimum Gasteiger partial charge on any atom is -0.497 e. The number of rotatable bonds is 5. The van der Waals surface area contributed by atoms with Crippen molar-refractivity contribution < 1.29 is 9.53 Å². The van der Waals surface area contributed by atoms with E-state index in [1.165, 1.54) is 0 Å². The summed E-state index contributed by atoms with van der Waals surface area (Å²) in [5.74, 6) is 0.442. The molecule has 2 rings (SSSR count). The average Bonchev–Trinajstić information content (AvgIpc) is 2.47. The highest BCUT2D eigenvalue weighted by Gasteiger charge is 2.12. The highest BCUT2D eigenvalue weighted by atomic mass is 79.9. The summed E-state index contributed by atoms with van der Waals surface area (Å²) in [6.07, 6.45) is 3.19. The molecule has 2 N–H and O–H groups in total. The molecule has 0 spiro atoms. The molecule has 0 saturated heterocycles. The first-order chi connectivity index (χ1) is 10.1. The smallest absolute Gasteiger partial charge is 0.259 e. The maximum absolute atomic E-state index is 12.4. The number of aromatic nitrogens is 1. The highest BCUT2D eigenvalue weighted by molar-refractivity contribution is 9.10. The molecule has 0 fully saturated rings. The maximum Gasteiger partial charge on any atom is 0.259 e. The Kier molecular flexibility index (Phi) is 5.16. The van der Waals surface area contributed by atoms with Crippen LogP contribution in [0, 0.1) is 0 Å². The Hall–Kier alpha value is -2.08. The topological polar surface area (TPSA) is 63.2 Å². The van der Waals surface area contributed by atoms with Crippen molar-refractivity contribution in [2.45, 2.75) is 6.92 Å². The Morgan fingerprint density at radius 2 is 2.19 bits per heavy atom. The van der Waals surface area contributed by atoms with Crippen LogP contribution >= 0.6 is 15.9 Å². The SMILES string of the molecule is CCNc1ccncc1C(=O)Nc1cc(Br)cc(OC)c1. The molecule has 1 amide bonds. The molecule has 1 aromatic heterocycles. The number of benzene rings is 1. The molecule has 0 saturated carbocycles. The summed E-state index contributed by atoms with van der Waals surface area (Å²) in [5, 5.41) is 5.99. The van der Waals surface area contributed by atoms with Gasteiger partial charge in [-0.15, -0.1) is 0 Å². The minimum absolute atomic E-state index is 0.223. The van der Waals surface area contributed by atoms with Crippen LogP contribution < -0.4 is 15.4 Å². The van der Waals surface area contributed by atoms with Gasteiger partial charge in [0.1, 0.15) is 5.75 Å². The fourth-order valence-electron chi connectivity index (χ4n) is 1.87. The molecule has 2 aromatic rings. The molecular weight excluding hydrogens is 334 g/mol. The van der Waals surface area contributed by atoms with Gasteiger partial charge in [0.05, 0.1) is 18.4 Å². The normalized spacial score (nSPS) is 10.0. The van der Waals surface area contributed by atoms with E-state index in [0.717, 1.165) is 16.7 Å². The van der Waals surface area contributed by atoms with Crippen LogP contribution in [0.3, 0.4) is 0 Å². The van der Waals surface area contributed by atoms with E-state index in [4.69, 9.17) is 4.74 Å². The second-order valence-corrected chi connectivity index (χ2v) is 5.20. The van der Waals surface area contributed by atoms with Crippen LogP contribution in [0.15, 0.2) is 41.1 Å². The van der Waals surface area contributed by atoms with Crippen molar-refractivity contribution in [3.63, 3.8) is 0 Å². The van der Waals surface area contributed by atoms with Crippen LogP contribution in [-0.2, 0) is 0 Å². The number of carbonyl (C=O) groups is 1. The number of halogens is 1. The largest absolute Gasteiger partial charge is 0.497 e. The van der Waals surface area contributed by atoms with E-state index < -0.39 is 0 Å². The van der Waals surface area contributed by atoms with Gasteiger partial charge in [-0.2, -0.15) is 0 Å². The molecule has 6 heteroatoms. The molecule has 0 bridgehead atoms. The number of ether oxygens (including phenoxy) is 1. The second-order valence-electron chi connectivity index (χ2n) is 4.29. The fourth-order valence-corrected chi connectivity index (χ4v) is 2.34. The van der Waals surface area contributed by atoms with E-state index in [0.29, 0.717) is 17.0 Å². The second kappa shape index (κ2) is 7.08. The zero-order valence-corrected chi connectivity index (χ0v) is 13.4. The number of pyridine rings is 1. The standard InChI is InChI=1S/C15H16BrN3O2/c1-3-18-14-4-5-17-9-13(14)15(20)19-11-6-10(16)7-12(8-11)21-2/h4-9H,3H2,1-2H3,(H,17,18)(H,19,20). The average molecular weight is 350 g/mol. The molecule has 0 aliphatic heterocycles. The number of amides is 1. The Morgan fingerprint density at radius 1 is 1.38 bits per heavy atom. The van der Waals surface area contributed by atoms with Crippen molar-refractivity contribution in [1.29, 1.82) is 0 Å². The van der Waals surface area contributed by atoms with Crippen molar-refractivity contribution in [2.24, 2.45) is 0 Å². The van der Waals surface area contributed by atoms with E-state index in [9.17, 15) is 4.79 Å². The number of carbonyl (C=O) groups excluding carboxylic acids is 1. The Balaban J connectivity index is 2.24. The third-order valence-corrected chi connectivity index (χ3v) is 3.26. The molecule has 0 atom stereocenters. The molecule has 1 aromatic carbocycles. The lowest BCUT2D eigenvalue weighted by atomic mass is 10.2. The zero-order chi connectivity index (χ0) is 15.2. The van der Waals surface area contributed by atoms with Crippen molar-refractivity contribution in [3.8, 4) is 5.75 Å². The first-order valence-electron chi connectivity index (χ1n) is 6.48. The summed E-state index contributed by atoms with van der Waals surface area (Å²) in [7, 11) is 1.58. The van der Waals surface area contributed by atoms with Crippen molar-refractivity contribution >= 4 is 33.2 Å². The van der Waals surface area contributed by atoms with Gasteiger partial charge in [-0.05, 0) is 25.1 Å². The summed E-state index contributed by atoms with van der Waals surface area (Å²) in [5.41, 5.74) is 1.91. The summed E-state index contributed by atoms with van der Waals surface area (Å²) in [6.45, 7) is 2.70. The lowest BCUT2D eigenvalue weighted by Gasteiger charge is -2.11. The third-order valence-electron chi connectivity index (χ3n) is 2.80. The van der Waals surface area contributed by atoms with E-state index >= 15 is 0 Å².